The van der Waals surface area contributed by atoms with Gasteiger partial charge in [-0.05, 0) is 32.6 Å². The molecule has 2 rings (SSSR count). The maximum atomic E-state index is 12.0. The van der Waals surface area contributed by atoms with E-state index in [0.29, 0.717) is 12.5 Å². The van der Waals surface area contributed by atoms with Crippen molar-refractivity contribution in [3.63, 3.8) is 0 Å². The Morgan fingerprint density at radius 3 is 2.47 bits per heavy atom. The zero-order valence-corrected chi connectivity index (χ0v) is 11.7. The molecule has 2 fully saturated rings. The molecule has 0 aromatic carbocycles. The summed E-state index contributed by atoms with van der Waals surface area (Å²) in [6.07, 6.45) is 7.65. The van der Waals surface area contributed by atoms with E-state index in [1.165, 1.54) is 6.42 Å². The molecule has 2 saturated carbocycles. The van der Waals surface area contributed by atoms with Gasteiger partial charge in [0.1, 0.15) is 6.04 Å². The number of hydrogen-bond acceptors (Lipinski definition) is 3. The second-order valence-corrected chi connectivity index (χ2v) is 6.17. The molecular formula is C14H25N3O2. The molecule has 0 spiro atoms. The van der Waals surface area contributed by atoms with Gasteiger partial charge in [0.05, 0.1) is 0 Å². The van der Waals surface area contributed by atoms with Gasteiger partial charge in [-0.1, -0.05) is 19.3 Å². The Hall–Kier alpha value is -1.10. The molecule has 5 nitrogen and oxygen atoms in total. The van der Waals surface area contributed by atoms with Crippen LogP contribution in [0.15, 0.2) is 0 Å². The van der Waals surface area contributed by atoms with E-state index in [2.05, 4.69) is 10.6 Å². The monoisotopic (exact) mass is 267 g/mol. The largest absolute Gasteiger partial charge is 0.352 e. The maximum absolute atomic E-state index is 12.0. The average molecular weight is 267 g/mol. The summed E-state index contributed by atoms with van der Waals surface area (Å²) in [6, 6.07) is -0.147. The van der Waals surface area contributed by atoms with E-state index in [4.69, 9.17) is 5.73 Å². The van der Waals surface area contributed by atoms with Crippen molar-refractivity contribution in [3.05, 3.63) is 0 Å². The molecule has 0 bridgehead atoms. The van der Waals surface area contributed by atoms with Crippen molar-refractivity contribution >= 4 is 11.8 Å². The van der Waals surface area contributed by atoms with E-state index in [1.807, 2.05) is 0 Å². The van der Waals surface area contributed by atoms with Crippen molar-refractivity contribution in [2.75, 3.05) is 0 Å². The van der Waals surface area contributed by atoms with Gasteiger partial charge in [0.25, 0.3) is 0 Å². The van der Waals surface area contributed by atoms with Crippen molar-refractivity contribution in [1.82, 2.24) is 10.6 Å². The van der Waals surface area contributed by atoms with Crippen LogP contribution in [-0.2, 0) is 9.59 Å². The van der Waals surface area contributed by atoms with Crippen LogP contribution in [0, 0.1) is 0 Å². The molecule has 0 aromatic heterocycles. The highest BCUT2D eigenvalue weighted by Crippen LogP contribution is 2.28. The first-order valence-corrected chi connectivity index (χ1v) is 7.37. The molecular weight excluding hydrogens is 242 g/mol. The van der Waals surface area contributed by atoms with Gasteiger partial charge >= 0.3 is 0 Å². The number of rotatable bonds is 5. The third kappa shape index (κ3) is 4.49. The van der Waals surface area contributed by atoms with E-state index >= 15 is 0 Å². The van der Waals surface area contributed by atoms with Gasteiger partial charge in [-0.3, -0.25) is 9.59 Å². The van der Waals surface area contributed by atoms with E-state index in [0.717, 1.165) is 38.5 Å². The molecule has 0 heterocycles. The fraction of sp³-hybridized carbons (Fsp3) is 0.857. The lowest BCUT2D eigenvalue weighted by molar-refractivity contribution is -0.129. The van der Waals surface area contributed by atoms with E-state index in [-0.39, 0.29) is 17.4 Å². The summed E-state index contributed by atoms with van der Waals surface area (Å²) < 4.78 is 0. The zero-order valence-electron chi connectivity index (χ0n) is 11.7. The molecule has 2 amide bonds. The molecule has 5 heteroatoms. The molecule has 2 aliphatic carbocycles. The Labute approximate surface area is 114 Å². The van der Waals surface area contributed by atoms with Crippen LogP contribution >= 0.6 is 0 Å². The highest BCUT2D eigenvalue weighted by Gasteiger charge is 2.31. The van der Waals surface area contributed by atoms with E-state index in [1.54, 1.807) is 6.92 Å². The Morgan fingerprint density at radius 2 is 1.89 bits per heavy atom. The minimum Gasteiger partial charge on any atom is -0.352 e. The van der Waals surface area contributed by atoms with Crippen molar-refractivity contribution in [2.45, 2.75) is 75.9 Å². The quantitative estimate of drug-likeness (QED) is 0.689. The third-order valence-electron chi connectivity index (χ3n) is 4.06. The van der Waals surface area contributed by atoms with Gasteiger partial charge in [0.15, 0.2) is 0 Å². The van der Waals surface area contributed by atoms with Crippen LogP contribution in [0.4, 0.5) is 0 Å². The highest BCUT2D eigenvalue weighted by atomic mass is 16.2. The standard InChI is InChI=1S/C14H25N3O2/c1-10(13(19)17-11-5-6-11)16-12(18)9-14(15)7-3-2-4-8-14/h10-11H,2-9,15H2,1H3,(H,16,18)(H,17,19). The third-order valence-corrected chi connectivity index (χ3v) is 4.06. The van der Waals surface area contributed by atoms with Crippen molar-refractivity contribution in [1.29, 1.82) is 0 Å². The lowest BCUT2D eigenvalue weighted by Gasteiger charge is -2.33. The molecule has 108 valence electrons. The Bertz CT molecular complexity index is 347. The summed E-state index contributed by atoms with van der Waals surface area (Å²) >= 11 is 0. The molecule has 4 N–H and O–H groups in total. The zero-order chi connectivity index (χ0) is 13.9. The molecule has 1 atom stereocenters. The van der Waals surface area contributed by atoms with Crippen LogP contribution in [0.1, 0.15) is 58.3 Å². The lowest BCUT2D eigenvalue weighted by Crippen LogP contribution is -2.50. The summed E-state index contributed by atoms with van der Waals surface area (Å²) in [5.74, 6) is -0.201. The maximum Gasteiger partial charge on any atom is 0.242 e. The predicted octanol–water partition coefficient (Wildman–Crippen LogP) is 0.821. The number of nitrogens with two attached hydrogens (primary N) is 1. The molecule has 0 aliphatic heterocycles. The Balaban J connectivity index is 1.74. The van der Waals surface area contributed by atoms with Crippen molar-refractivity contribution < 1.29 is 9.59 Å². The summed E-state index contributed by atoms with van der Waals surface area (Å²) in [5.41, 5.74) is 5.88. The first kappa shape index (κ1) is 14.3. The highest BCUT2D eigenvalue weighted by molar-refractivity contribution is 5.87. The molecule has 1 unspecified atom stereocenters. The van der Waals surface area contributed by atoms with Crippen molar-refractivity contribution in [3.8, 4) is 0 Å². The molecule has 0 radical (unpaired) electrons. The van der Waals surface area contributed by atoms with Crippen molar-refractivity contribution in [2.24, 2.45) is 5.73 Å². The second-order valence-electron chi connectivity index (χ2n) is 6.17. The topological polar surface area (TPSA) is 84.2 Å². The van der Waals surface area contributed by atoms with Crippen LogP contribution in [0.25, 0.3) is 0 Å². The van der Waals surface area contributed by atoms with Gasteiger partial charge in [0.2, 0.25) is 11.8 Å². The number of carbonyl (C=O) groups excluding carboxylic acids is 2. The molecule has 0 saturated heterocycles. The summed E-state index contributed by atoms with van der Waals surface area (Å²) in [6.45, 7) is 1.72. The van der Waals surface area contributed by atoms with Gasteiger partial charge < -0.3 is 16.4 Å². The number of amides is 2. The van der Waals surface area contributed by atoms with Gasteiger partial charge in [-0.25, -0.2) is 0 Å². The first-order valence-electron chi connectivity index (χ1n) is 7.37. The Kier molecular flexibility index (Phi) is 4.45. The second kappa shape index (κ2) is 5.90. The smallest absolute Gasteiger partial charge is 0.242 e. The van der Waals surface area contributed by atoms with Gasteiger partial charge in [-0.15, -0.1) is 0 Å². The summed E-state index contributed by atoms with van der Waals surface area (Å²) in [7, 11) is 0. The van der Waals surface area contributed by atoms with Crippen LogP contribution in [0.2, 0.25) is 0 Å². The fourth-order valence-corrected chi connectivity index (χ4v) is 2.66. The molecule has 2 aliphatic rings. The minimum absolute atomic E-state index is 0.0921. The van der Waals surface area contributed by atoms with Crippen LogP contribution in [-0.4, -0.2) is 29.4 Å². The van der Waals surface area contributed by atoms with Crippen LogP contribution < -0.4 is 16.4 Å². The lowest BCUT2D eigenvalue weighted by atomic mass is 9.80. The number of hydrogen-bond donors (Lipinski definition) is 3. The fourth-order valence-electron chi connectivity index (χ4n) is 2.66. The summed E-state index contributed by atoms with van der Waals surface area (Å²) in [4.78, 5) is 23.7. The molecule has 0 aromatic rings. The van der Waals surface area contributed by atoms with E-state index < -0.39 is 6.04 Å². The summed E-state index contributed by atoms with van der Waals surface area (Å²) in [5, 5.41) is 5.64. The van der Waals surface area contributed by atoms with Gasteiger partial charge in [0, 0.05) is 18.0 Å². The average Bonchev–Trinajstić information content (AvgIpc) is 3.12. The first-order chi connectivity index (χ1) is 8.98. The minimum atomic E-state index is -0.472. The number of carbonyl (C=O) groups is 2. The van der Waals surface area contributed by atoms with Gasteiger partial charge in [-0.2, -0.15) is 0 Å². The predicted molar refractivity (Wildman–Crippen MR) is 73.4 cm³/mol. The number of nitrogens with one attached hydrogen (secondary N) is 2. The van der Waals surface area contributed by atoms with E-state index in [9.17, 15) is 9.59 Å². The Morgan fingerprint density at radius 1 is 1.26 bits per heavy atom. The SMILES string of the molecule is CC(NC(=O)CC1(N)CCCCC1)C(=O)NC1CC1. The van der Waals surface area contributed by atoms with Crippen LogP contribution in [0.3, 0.4) is 0 Å². The molecule has 19 heavy (non-hydrogen) atoms. The van der Waals surface area contributed by atoms with Crippen LogP contribution in [0.5, 0.6) is 0 Å². The normalized spacial score (nSPS) is 23.5.